The average molecular weight is 373 g/mol. The van der Waals surface area contributed by atoms with Gasteiger partial charge in [0.1, 0.15) is 0 Å². The van der Waals surface area contributed by atoms with Gasteiger partial charge in [-0.3, -0.25) is 10.1 Å². The second kappa shape index (κ2) is 6.16. The number of hydrogen-bond donors (Lipinski definition) is 0. The maximum atomic E-state index is 12.1. The maximum absolute atomic E-state index is 12.1. The number of rotatable bonds is 3. The SMILES string of the molecule is O=C1OC(c2ccccc2Cl)=N/C1=C\c1cc2c(cc1[N+](=O)[O-])OCO2. The first-order valence-electron chi connectivity index (χ1n) is 7.38. The number of nitro groups is 1. The molecular weight excluding hydrogens is 364 g/mol. The first kappa shape index (κ1) is 16.1. The molecule has 26 heavy (non-hydrogen) atoms. The van der Waals surface area contributed by atoms with Gasteiger partial charge < -0.3 is 14.2 Å². The predicted octanol–water partition coefficient (Wildman–Crippen LogP) is 3.32. The molecule has 0 aliphatic carbocycles. The van der Waals surface area contributed by atoms with Gasteiger partial charge in [-0.25, -0.2) is 9.79 Å². The van der Waals surface area contributed by atoms with E-state index in [0.29, 0.717) is 16.3 Å². The van der Waals surface area contributed by atoms with E-state index in [1.165, 1.54) is 18.2 Å². The number of benzene rings is 2. The Bertz CT molecular complexity index is 1010. The number of hydrogen-bond acceptors (Lipinski definition) is 7. The number of nitro benzene ring substituents is 1. The van der Waals surface area contributed by atoms with Crippen LogP contribution in [0.25, 0.3) is 6.08 Å². The zero-order valence-corrected chi connectivity index (χ0v) is 13.7. The van der Waals surface area contributed by atoms with Gasteiger partial charge >= 0.3 is 5.97 Å². The normalized spacial score (nSPS) is 16.6. The predicted molar refractivity (Wildman–Crippen MR) is 91.3 cm³/mol. The van der Waals surface area contributed by atoms with E-state index in [-0.39, 0.29) is 35.4 Å². The second-order valence-corrected chi connectivity index (χ2v) is 5.74. The van der Waals surface area contributed by atoms with Crippen LogP contribution in [0.1, 0.15) is 11.1 Å². The maximum Gasteiger partial charge on any atom is 0.363 e. The number of carbonyl (C=O) groups is 1. The number of nitrogens with zero attached hydrogens (tertiary/aromatic N) is 2. The molecule has 0 N–H and O–H groups in total. The van der Waals surface area contributed by atoms with Crippen molar-refractivity contribution in [1.29, 1.82) is 0 Å². The molecule has 4 rings (SSSR count). The highest BCUT2D eigenvalue weighted by Crippen LogP contribution is 2.39. The van der Waals surface area contributed by atoms with Crippen molar-refractivity contribution in [2.75, 3.05) is 6.79 Å². The molecule has 130 valence electrons. The second-order valence-electron chi connectivity index (χ2n) is 5.34. The van der Waals surface area contributed by atoms with Crippen LogP contribution in [0.2, 0.25) is 5.02 Å². The summed E-state index contributed by atoms with van der Waals surface area (Å²) in [6.07, 6.45) is 1.27. The summed E-state index contributed by atoms with van der Waals surface area (Å²) in [6, 6.07) is 9.41. The first-order valence-corrected chi connectivity index (χ1v) is 7.76. The molecular formula is C17H9ClN2O6. The van der Waals surface area contributed by atoms with Crippen molar-refractivity contribution in [2.45, 2.75) is 0 Å². The van der Waals surface area contributed by atoms with Crippen molar-refractivity contribution in [3.05, 3.63) is 68.4 Å². The average Bonchev–Trinajstić information content (AvgIpc) is 3.21. The third kappa shape index (κ3) is 2.76. The third-order valence-corrected chi connectivity index (χ3v) is 4.07. The molecule has 0 bridgehead atoms. The van der Waals surface area contributed by atoms with Crippen molar-refractivity contribution >= 4 is 35.2 Å². The van der Waals surface area contributed by atoms with E-state index < -0.39 is 10.9 Å². The Labute approximate surface area is 151 Å². The highest BCUT2D eigenvalue weighted by atomic mass is 35.5. The lowest BCUT2D eigenvalue weighted by Gasteiger charge is -2.01. The lowest BCUT2D eigenvalue weighted by atomic mass is 10.1. The smallest absolute Gasteiger partial charge is 0.363 e. The molecule has 0 fully saturated rings. The van der Waals surface area contributed by atoms with Crippen molar-refractivity contribution in [2.24, 2.45) is 4.99 Å². The largest absolute Gasteiger partial charge is 0.454 e. The summed E-state index contributed by atoms with van der Waals surface area (Å²) in [6.45, 7) is -0.0244. The minimum absolute atomic E-state index is 0.0244. The van der Waals surface area contributed by atoms with Gasteiger partial charge in [0.05, 0.1) is 27.1 Å². The Balaban J connectivity index is 1.78. The van der Waals surface area contributed by atoms with Crippen LogP contribution in [0.5, 0.6) is 11.5 Å². The summed E-state index contributed by atoms with van der Waals surface area (Å²) in [4.78, 5) is 27.0. The number of esters is 1. The van der Waals surface area contributed by atoms with Crippen LogP contribution in [0.4, 0.5) is 5.69 Å². The Hall–Kier alpha value is -3.39. The van der Waals surface area contributed by atoms with E-state index in [1.807, 2.05) is 0 Å². The Morgan fingerprint density at radius 3 is 2.65 bits per heavy atom. The van der Waals surface area contributed by atoms with E-state index in [0.717, 1.165) is 0 Å². The minimum atomic E-state index is -0.730. The molecule has 8 nitrogen and oxygen atoms in total. The molecule has 2 heterocycles. The summed E-state index contributed by atoms with van der Waals surface area (Å²) in [5.74, 6) is -0.0700. The number of halogens is 1. The van der Waals surface area contributed by atoms with Gasteiger partial charge in [-0.1, -0.05) is 23.7 Å². The number of carbonyl (C=O) groups excluding carboxylic acids is 1. The zero-order chi connectivity index (χ0) is 18.3. The number of aliphatic imine (C=N–C) groups is 1. The summed E-state index contributed by atoms with van der Waals surface area (Å²) in [7, 11) is 0. The molecule has 0 saturated heterocycles. The van der Waals surface area contributed by atoms with Gasteiger partial charge in [-0.05, 0) is 24.3 Å². The molecule has 2 aromatic rings. The molecule has 0 spiro atoms. The van der Waals surface area contributed by atoms with Gasteiger partial charge in [0.15, 0.2) is 17.2 Å². The van der Waals surface area contributed by atoms with Crippen LogP contribution in [0.3, 0.4) is 0 Å². The highest BCUT2D eigenvalue weighted by molar-refractivity contribution is 6.34. The van der Waals surface area contributed by atoms with Gasteiger partial charge in [0.25, 0.3) is 5.69 Å². The summed E-state index contributed by atoms with van der Waals surface area (Å²) in [5.41, 5.74) is 0.277. The summed E-state index contributed by atoms with van der Waals surface area (Å²) < 4.78 is 15.5. The topological polar surface area (TPSA) is 100 Å². The van der Waals surface area contributed by atoms with Gasteiger partial charge in [0, 0.05) is 0 Å². The van der Waals surface area contributed by atoms with Crippen LogP contribution in [-0.2, 0) is 9.53 Å². The molecule has 0 saturated carbocycles. The van der Waals surface area contributed by atoms with Crippen LogP contribution in [0.15, 0.2) is 47.1 Å². The molecule has 0 atom stereocenters. The fourth-order valence-electron chi connectivity index (χ4n) is 2.53. The lowest BCUT2D eigenvalue weighted by Crippen LogP contribution is -2.05. The van der Waals surface area contributed by atoms with E-state index in [2.05, 4.69) is 4.99 Å². The van der Waals surface area contributed by atoms with Crippen LogP contribution >= 0.6 is 11.6 Å². The Kier molecular flexibility index (Phi) is 3.81. The fraction of sp³-hybridized carbons (Fsp3) is 0.0588. The molecule has 0 amide bonds. The molecule has 0 radical (unpaired) electrons. The first-order chi connectivity index (χ1) is 12.5. The minimum Gasteiger partial charge on any atom is -0.454 e. The van der Waals surface area contributed by atoms with E-state index in [4.69, 9.17) is 25.8 Å². The monoisotopic (exact) mass is 372 g/mol. The Morgan fingerprint density at radius 2 is 1.92 bits per heavy atom. The fourth-order valence-corrected chi connectivity index (χ4v) is 2.74. The van der Waals surface area contributed by atoms with E-state index >= 15 is 0 Å². The van der Waals surface area contributed by atoms with Crippen LogP contribution in [0, 0.1) is 10.1 Å². The molecule has 2 aliphatic heterocycles. The number of cyclic esters (lactones) is 1. The zero-order valence-electron chi connectivity index (χ0n) is 13.0. The quantitative estimate of drug-likeness (QED) is 0.354. The molecule has 2 aromatic carbocycles. The molecule has 2 aliphatic rings. The highest BCUT2D eigenvalue weighted by Gasteiger charge is 2.28. The standard InChI is InChI=1S/C17H9ClN2O6/c18-11-4-2-1-3-10(11)16-19-12(17(21)26-16)5-9-6-14-15(25-8-24-14)7-13(9)20(22)23/h1-7H,8H2/b12-5-. The number of fused-ring (bicyclic) bond motifs is 1. The van der Waals surface area contributed by atoms with E-state index in [1.54, 1.807) is 24.3 Å². The van der Waals surface area contributed by atoms with E-state index in [9.17, 15) is 14.9 Å². The van der Waals surface area contributed by atoms with Crippen LogP contribution < -0.4 is 9.47 Å². The third-order valence-electron chi connectivity index (χ3n) is 3.74. The lowest BCUT2D eigenvalue weighted by molar-refractivity contribution is -0.385. The van der Waals surface area contributed by atoms with Gasteiger partial charge in [-0.2, -0.15) is 0 Å². The molecule has 0 aromatic heterocycles. The van der Waals surface area contributed by atoms with Crippen molar-refractivity contribution in [1.82, 2.24) is 0 Å². The van der Waals surface area contributed by atoms with Gasteiger partial charge in [0.2, 0.25) is 12.7 Å². The van der Waals surface area contributed by atoms with Crippen molar-refractivity contribution < 1.29 is 23.9 Å². The van der Waals surface area contributed by atoms with Crippen molar-refractivity contribution in [3.63, 3.8) is 0 Å². The summed E-state index contributed by atoms with van der Waals surface area (Å²) in [5, 5.41) is 11.7. The van der Waals surface area contributed by atoms with Crippen molar-refractivity contribution in [3.8, 4) is 11.5 Å². The summed E-state index contributed by atoms with van der Waals surface area (Å²) >= 11 is 6.08. The Morgan fingerprint density at radius 1 is 1.19 bits per heavy atom. The van der Waals surface area contributed by atoms with Gasteiger partial charge in [-0.15, -0.1) is 0 Å². The number of ether oxygens (including phenoxy) is 3. The molecule has 9 heteroatoms. The molecule has 0 unspecified atom stereocenters. The van der Waals surface area contributed by atoms with Crippen LogP contribution in [-0.4, -0.2) is 23.6 Å².